The highest BCUT2D eigenvalue weighted by Crippen LogP contribution is 2.26. The lowest BCUT2D eigenvalue weighted by molar-refractivity contribution is 0.384. The second kappa shape index (κ2) is 5.29. The van der Waals surface area contributed by atoms with Crippen LogP contribution in [0.4, 0.5) is 10.3 Å². The fourth-order valence-electron chi connectivity index (χ4n) is 2.54. The second-order valence-electron chi connectivity index (χ2n) is 5.20. The predicted molar refractivity (Wildman–Crippen MR) is 78.9 cm³/mol. The summed E-state index contributed by atoms with van der Waals surface area (Å²) in [5, 5.41) is 0. The van der Waals surface area contributed by atoms with E-state index in [2.05, 4.69) is 9.97 Å². The number of anilines is 1. The van der Waals surface area contributed by atoms with E-state index in [4.69, 9.17) is 5.73 Å². The summed E-state index contributed by atoms with van der Waals surface area (Å²) in [7, 11) is -3.70. The molecule has 0 unspecified atom stereocenters. The lowest BCUT2D eigenvalue weighted by atomic mass is 10.1. The van der Waals surface area contributed by atoms with Crippen molar-refractivity contribution in [2.75, 3.05) is 12.3 Å². The van der Waals surface area contributed by atoms with Crippen LogP contribution in [0.25, 0.3) is 0 Å². The van der Waals surface area contributed by atoms with E-state index in [1.54, 1.807) is 13.1 Å². The number of aromatic nitrogens is 2. The first-order valence-corrected chi connectivity index (χ1v) is 8.18. The van der Waals surface area contributed by atoms with Crippen LogP contribution in [0.15, 0.2) is 29.3 Å². The molecule has 2 N–H and O–H groups in total. The van der Waals surface area contributed by atoms with Crippen LogP contribution in [0, 0.1) is 12.7 Å². The molecule has 0 radical (unpaired) electrons. The summed E-state index contributed by atoms with van der Waals surface area (Å²) in [4.78, 5) is 8.14. The van der Waals surface area contributed by atoms with Crippen molar-refractivity contribution in [3.8, 4) is 0 Å². The van der Waals surface area contributed by atoms with Gasteiger partial charge in [0.1, 0.15) is 5.82 Å². The Morgan fingerprint density at radius 1 is 1.36 bits per heavy atom. The molecule has 0 fully saturated rings. The highest BCUT2D eigenvalue weighted by molar-refractivity contribution is 7.89. The van der Waals surface area contributed by atoms with Crippen molar-refractivity contribution < 1.29 is 12.8 Å². The fourth-order valence-corrected chi connectivity index (χ4v) is 4.15. The van der Waals surface area contributed by atoms with Crippen LogP contribution >= 0.6 is 0 Å². The molecule has 116 valence electrons. The third-order valence-electron chi connectivity index (χ3n) is 3.68. The van der Waals surface area contributed by atoms with Crippen LogP contribution in [0.3, 0.4) is 0 Å². The molecule has 1 aliphatic rings. The van der Waals surface area contributed by atoms with Crippen molar-refractivity contribution in [1.29, 1.82) is 0 Å². The van der Waals surface area contributed by atoms with E-state index in [0.29, 0.717) is 24.2 Å². The third-order valence-corrected chi connectivity index (χ3v) is 5.69. The number of aryl methyl sites for hydroxylation is 1. The van der Waals surface area contributed by atoms with E-state index in [0.717, 1.165) is 11.6 Å². The average Bonchev–Trinajstić information content (AvgIpc) is 2.46. The molecule has 1 aliphatic heterocycles. The summed E-state index contributed by atoms with van der Waals surface area (Å²) < 4.78 is 40.0. The van der Waals surface area contributed by atoms with Gasteiger partial charge in [-0.25, -0.2) is 22.8 Å². The maximum Gasteiger partial charge on any atom is 0.243 e. The first-order valence-electron chi connectivity index (χ1n) is 6.74. The normalized spacial score (nSPS) is 15.5. The summed E-state index contributed by atoms with van der Waals surface area (Å²) in [5.74, 6) is -0.336. The number of nitrogen functional groups attached to an aromatic ring is 1. The van der Waals surface area contributed by atoms with Gasteiger partial charge in [0.15, 0.2) is 0 Å². The molecule has 3 rings (SSSR count). The number of nitrogens with two attached hydrogens (primary N) is 1. The smallest absolute Gasteiger partial charge is 0.243 e. The van der Waals surface area contributed by atoms with Gasteiger partial charge in [0.25, 0.3) is 0 Å². The van der Waals surface area contributed by atoms with Crippen LogP contribution in [0.2, 0.25) is 0 Å². The van der Waals surface area contributed by atoms with E-state index < -0.39 is 15.8 Å². The van der Waals surface area contributed by atoms with E-state index in [1.165, 1.54) is 16.4 Å². The lowest BCUT2D eigenvalue weighted by Gasteiger charge is -2.27. The molecule has 2 aromatic rings. The van der Waals surface area contributed by atoms with Crippen LogP contribution < -0.4 is 5.73 Å². The zero-order valence-electron chi connectivity index (χ0n) is 12.0. The number of fused-ring (bicyclic) bond motifs is 1. The number of halogens is 1. The van der Waals surface area contributed by atoms with Gasteiger partial charge in [0, 0.05) is 12.7 Å². The van der Waals surface area contributed by atoms with Gasteiger partial charge < -0.3 is 5.73 Å². The van der Waals surface area contributed by atoms with E-state index in [-0.39, 0.29) is 17.4 Å². The zero-order valence-corrected chi connectivity index (χ0v) is 12.8. The van der Waals surface area contributed by atoms with Crippen LogP contribution in [0.5, 0.6) is 0 Å². The predicted octanol–water partition coefficient (Wildman–Crippen LogP) is 1.25. The minimum Gasteiger partial charge on any atom is -0.368 e. The Morgan fingerprint density at radius 3 is 2.86 bits per heavy atom. The van der Waals surface area contributed by atoms with Crippen molar-refractivity contribution in [2.24, 2.45) is 0 Å². The SMILES string of the molecule is Cc1cc(F)ccc1S(=O)(=O)N1CCc2cnc(N)nc2C1. The molecule has 1 aromatic carbocycles. The summed E-state index contributed by atoms with van der Waals surface area (Å²) >= 11 is 0. The molecule has 2 heterocycles. The Labute approximate surface area is 127 Å². The molecular weight excluding hydrogens is 307 g/mol. The molecule has 1 aromatic heterocycles. The molecule has 0 amide bonds. The summed E-state index contributed by atoms with van der Waals surface area (Å²) in [6, 6.07) is 3.66. The molecular formula is C14H15FN4O2S. The lowest BCUT2D eigenvalue weighted by Crippen LogP contribution is -2.37. The van der Waals surface area contributed by atoms with E-state index >= 15 is 0 Å². The van der Waals surface area contributed by atoms with Gasteiger partial charge in [0.05, 0.1) is 17.1 Å². The quantitative estimate of drug-likeness (QED) is 0.899. The maximum atomic E-state index is 13.2. The largest absolute Gasteiger partial charge is 0.368 e. The first kappa shape index (κ1) is 14.9. The van der Waals surface area contributed by atoms with Gasteiger partial charge >= 0.3 is 0 Å². The third kappa shape index (κ3) is 2.55. The zero-order chi connectivity index (χ0) is 15.9. The van der Waals surface area contributed by atoms with Crippen LogP contribution in [-0.4, -0.2) is 29.2 Å². The molecule has 0 aliphatic carbocycles. The van der Waals surface area contributed by atoms with Gasteiger partial charge in [-0.1, -0.05) is 0 Å². The summed E-state index contributed by atoms with van der Waals surface area (Å²) in [6.45, 7) is 2.05. The average molecular weight is 322 g/mol. The van der Waals surface area contributed by atoms with E-state index in [1.807, 2.05) is 0 Å². The van der Waals surface area contributed by atoms with Crippen molar-refractivity contribution >= 4 is 16.0 Å². The van der Waals surface area contributed by atoms with Gasteiger partial charge in [-0.15, -0.1) is 0 Å². The first-order chi connectivity index (χ1) is 10.4. The van der Waals surface area contributed by atoms with Crippen molar-refractivity contribution in [1.82, 2.24) is 14.3 Å². The number of hydrogen-bond donors (Lipinski definition) is 1. The highest BCUT2D eigenvalue weighted by Gasteiger charge is 2.30. The molecule has 22 heavy (non-hydrogen) atoms. The number of hydrogen-bond acceptors (Lipinski definition) is 5. The van der Waals surface area contributed by atoms with Gasteiger partial charge in [-0.3, -0.25) is 0 Å². The highest BCUT2D eigenvalue weighted by atomic mass is 32.2. The Kier molecular flexibility index (Phi) is 3.57. The molecule has 0 atom stereocenters. The van der Waals surface area contributed by atoms with Gasteiger partial charge in [-0.05, 0) is 42.7 Å². The van der Waals surface area contributed by atoms with Crippen molar-refractivity contribution in [3.63, 3.8) is 0 Å². The summed E-state index contributed by atoms with van der Waals surface area (Å²) in [5.41, 5.74) is 7.45. The monoisotopic (exact) mass is 322 g/mol. The van der Waals surface area contributed by atoms with Crippen molar-refractivity contribution in [2.45, 2.75) is 24.8 Å². The molecule has 0 saturated carbocycles. The van der Waals surface area contributed by atoms with Crippen molar-refractivity contribution in [3.05, 3.63) is 47.0 Å². The Balaban J connectivity index is 1.97. The Hall–Kier alpha value is -2.06. The number of benzene rings is 1. The second-order valence-corrected chi connectivity index (χ2v) is 7.10. The van der Waals surface area contributed by atoms with Crippen LogP contribution in [0.1, 0.15) is 16.8 Å². The summed E-state index contributed by atoms with van der Waals surface area (Å²) in [6.07, 6.45) is 2.15. The molecule has 0 spiro atoms. The molecule has 0 saturated heterocycles. The van der Waals surface area contributed by atoms with E-state index in [9.17, 15) is 12.8 Å². The maximum absolute atomic E-state index is 13.2. The van der Waals surface area contributed by atoms with Gasteiger partial charge in [-0.2, -0.15) is 4.31 Å². The number of rotatable bonds is 2. The minimum absolute atomic E-state index is 0.111. The topological polar surface area (TPSA) is 89.2 Å². The number of nitrogens with zero attached hydrogens (tertiary/aromatic N) is 3. The molecule has 6 nitrogen and oxygen atoms in total. The fraction of sp³-hybridized carbons (Fsp3) is 0.286. The Bertz CT molecular complexity index is 839. The van der Waals surface area contributed by atoms with Gasteiger partial charge in [0.2, 0.25) is 16.0 Å². The Morgan fingerprint density at radius 2 is 2.14 bits per heavy atom. The van der Waals surface area contributed by atoms with Crippen LogP contribution in [-0.2, 0) is 23.0 Å². The number of sulfonamides is 1. The molecule has 0 bridgehead atoms. The standard InChI is InChI=1S/C14H15FN4O2S/c1-9-6-11(15)2-3-13(9)22(20,21)19-5-4-10-7-17-14(16)18-12(10)8-19/h2-3,6-7H,4-5,8H2,1H3,(H2,16,17,18). The minimum atomic E-state index is -3.70. The molecule has 8 heteroatoms.